The Labute approximate surface area is 181 Å². The highest BCUT2D eigenvalue weighted by Crippen LogP contribution is 2.30. The van der Waals surface area contributed by atoms with Crippen LogP contribution in [-0.2, 0) is 9.53 Å². The van der Waals surface area contributed by atoms with Crippen LogP contribution in [0.4, 0.5) is 0 Å². The Balaban J connectivity index is 1.54. The second-order valence-electron chi connectivity index (χ2n) is 6.47. The van der Waals surface area contributed by atoms with E-state index in [0.717, 1.165) is 28.4 Å². The second kappa shape index (κ2) is 8.93. The summed E-state index contributed by atoms with van der Waals surface area (Å²) in [5.41, 5.74) is 2.81. The number of nitrogens with one attached hydrogen (secondary N) is 1. The zero-order chi connectivity index (χ0) is 21.8. The fraction of sp³-hybridized carbons (Fsp3) is 0.0870. The number of rotatable bonds is 7. The summed E-state index contributed by atoms with van der Waals surface area (Å²) in [6, 6.07) is 17.7. The molecule has 2 heterocycles. The van der Waals surface area contributed by atoms with E-state index >= 15 is 0 Å². The van der Waals surface area contributed by atoms with Gasteiger partial charge in [-0.3, -0.25) is 0 Å². The highest BCUT2D eigenvalue weighted by Gasteiger charge is 2.15. The lowest BCUT2D eigenvalue weighted by Gasteiger charge is -2.02. The van der Waals surface area contributed by atoms with Crippen LogP contribution in [-0.4, -0.2) is 33.6 Å². The maximum absolute atomic E-state index is 11.8. The van der Waals surface area contributed by atoms with E-state index in [-0.39, 0.29) is 10.9 Å². The Kier molecular flexibility index (Phi) is 5.90. The molecule has 31 heavy (non-hydrogen) atoms. The molecule has 0 saturated heterocycles. The van der Waals surface area contributed by atoms with E-state index in [9.17, 15) is 14.7 Å². The minimum absolute atomic E-state index is 0.0672. The molecule has 0 aliphatic carbocycles. The van der Waals surface area contributed by atoms with E-state index in [1.54, 1.807) is 43.3 Å². The number of hydrogen-bond donors (Lipinski definition) is 2. The molecule has 2 aromatic heterocycles. The molecule has 0 amide bonds. The second-order valence-corrected chi connectivity index (χ2v) is 7.51. The molecule has 2 N–H and O–H groups in total. The highest BCUT2D eigenvalue weighted by atomic mass is 32.2. The predicted octanol–water partition coefficient (Wildman–Crippen LogP) is 5.22. The largest absolute Gasteiger partial charge is 0.477 e. The summed E-state index contributed by atoms with van der Waals surface area (Å²) in [6.45, 7) is 2.06. The van der Waals surface area contributed by atoms with E-state index in [0.29, 0.717) is 28.8 Å². The molecule has 156 valence electrons. The Morgan fingerprint density at radius 3 is 2.61 bits per heavy atom. The van der Waals surface area contributed by atoms with Crippen LogP contribution in [0, 0.1) is 0 Å². The maximum atomic E-state index is 11.8. The number of furan rings is 1. The molecule has 0 unspecified atom stereocenters. The molecule has 4 rings (SSSR count). The molecule has 0 radical (unpaired) electrons. The van der Waals surface area contributed by atoms with Gasteiger partial charge in [-0.2, -0.15) is 0 Å². The number of aromatic amines is 1. The molecular formula is C23H18N2O5S. The number of carbonyl (C=O) groups is 2. The van der Waals surface area contributed by atoms with Gasteiger partial charge in [-0.05, 0) is 55.1 Å². The molecule has 8 heteroatoms. The van der Waals surface area contributed by atoms with E-state index in [4.69, 9.17) is 9.15 Å². The lowest BCUT2D eigenvalue weighted by molar-refractivity contribution is -0.131. The highest BCUT2D eigenvalue weighted by molar-refractivity contribution is 8.04. The van der Waals surface area contributed by atoms with E-state index < -0.39 is 5.97 Å². The number of carboxylic acids is 1. The zero-order valence-corrected chi connectivity index (χ0v) is 17.3. The van der Waals surface area contributed by atoms with Crippen molar-refractivity contribution in [1.82, 2.24) is 9.97 Å². The van der Waals surface area contributed by atoms with Gasteiger partial charge in [-0.1, -0.05) is 24.3 Å². The molecule has 0 bridgehead atoms. The van der Waals surface area contributed by atoms with Gasteiger partial charge in [0.2, 0.25) is 0 Å². The van der Waals surface area contributed by atoms with Crippen molar-refractivity contribution in [1.29, 1.82) is 0 Å². The minimum atomic E-state index is -1.08. The van der Waals surface area contributed by atoms with Gasteiger partial charge in [0.15, 0.2) is 5.16 Å². The normalized spacial score (nSPS) is 11.6. The van der Waals surface area contributed by atoms with E-state index in [1.807, 2.05) is 24.3 Å². The van der Waals surface area contributed by atoms with Gasteiger partial charge < -0.3 is 19.2 Å². The molecule has 0 atom stereocenters. The smallest absolute Gasteiger partial charge is 0.342 e. The fourth-order valence-electron chi connectivity index (χ4n) is 2.92. The number of H-pyrrole nitrogens is 1. The van der Waals surface area contributed by atoms with Gasteiger partial charge >= 0.3 is 11.9 Å². The number of aromatic nitrogens is 2. The number of nitrogens with zero attached hydrogens (tertiary/aromatic N) is 1. The Hall–Kier alpha value is -3.78. The summed E-state index contributed by atoms with van der Waals surface area (Å²) in [7, 11) is 0. The van der Waals surface area contributed by atoms with Gasteiger partial charge in [0.25, 0.3) is 0 Å². The minimum Gasteiger partial charge on any atom is -0.477 e. The molecule has 0 aliphatic rings. The standard InChI is InChI=1S/C23H18N2O5S/c1-2-29-22(28)15-9-7-14(8-10-15)19-12-11-16(30-19)13-20(21(26)27)31-23-24-17-5-3-4-6-18(17)25-23/h3-13H,2H2,1H3,(H,24,25)(H,26,27)/b20-13-. The third-order valence-corrected chi connectivity index (χ3v) is 5.26. The molecule has 0 spiro atoms. The van der Waals surface area contributed by atoms with Crippen molar-refractivity contribution in [2.75, 3.05) is 6.61 Å². The molecule has 0 aliphatic heterocycles. The Morgan fingerprint density at radius 1 is 1.13 bits per heavy atom. The molecular weight excluding hydrogens is 416 g/mol. The summed E-state index contributed by atoms with van der Waals surface area (Å²) in [5, 5.41) is 10.1. The van der Waals surface area contributed by atoms with Crippen LogP contribution in [0.3, 0.4) is 0 Å². The fourth-order valence-corrected chi connectivity index (χ4v) is 3.69. The summed E-state index contributed by atoms with van der Waals surface area (Å²) < 4.78 is 10.8. The topological polar surface area (TPSA) is 105 Å². The van der Waals surface area contributed by atoms with Gasteiger partial charge in [0.1, 0.15) is 16.4 Å². The molecule has 7 nitrogen and oxygen atoms in total. The van der Waals surface area contributed by atoms with Crippen molar-refractivity contribution in [3.63, 3.8) is 0 Å². The van der Waals surface area contributed by atoms with Crippen LogP contribution in [0.1, 0.15) is 23.0 Å². The van der Waals surface area contributed by atoms with Crippen molar-refractivity contribution in [3.05, 3.63) is 76.9 Å². The van der Waals surface area contributed by atoms with Gasteiger partial charge in [0.05, 0.1) is 23.2 Å². The SMILES string of the molecule is CCOC(=O)c1ccc(-c2ccc(/C=C(\Sc3nc4ccccc4[nH]3)C(=O)O)o2)cc1. The Bertz CT molecular complexity index is 1240. The first-order chi connectivity index (χ1) is 15.0. The number of aliphatic carboxylic acids is 1. The van der Waals surface area contributed by atoms with Crippen molar-refractivity contribution in [2.24, 2.45) is 0 Å². The molecule has 4 aromatic rings. The van der Waals surface area contributed by atoms with Gasteiger partial charge in [0, 0.05) is 11.6 Å². The number of ether oxygens (including phenoxy) is 1. The van der Waals surface area contributed by atoms with E-state index in [1.165, 1.54) is 6.08 Å². The zero-order valence-electron chi connectivity index (χ0n) is 16.5. The van der Waals surface area contributed by atoms with Crippen LogP contribution in [0.5, 0.6) is 0 Å². The number of hydrogen-bond acceptors (Lipinski definition) is 6. The number of imidazole rings is 1. The quantitative estimate of drug-likeness (QED) is 0.233. The first-order valence-electron chi connectivity index (χ1n) is 9.48. The maximum Gasteiger partial charge on any atom is 0.342 e. The first kappa shape index (κ1) is 20.5. The third-order valence-electron chi connectivity index (χ3n) is 4.37. The molecule has 0 fully saturated rings. The van der Waals surface area contributed by atoms with Crippen LogP contribution in [0.25, 0.3) is 28.4 Å². The summed E-state index contributed by atoms with van der Waals surface area (Å²) in [5.74, 6) is -0.515. The number of thioether (sulfide) groups is 1. The lowest BCUT2D eigenvalue weighted by atomic mass is 10.1. The lowest BCUT2D eigenvalue weighted by Crippen LogP contribution is -2.03. The van der Waals surface area contributed by atoms with Gasteiger partial charge in [-0.15, -0.1) is 0 Å². The summed E-state index contributed by atoms with van der Waals surface area (Å²) in [4.78, 5) is 31.1. The average molecular weight is 434 g/mol. The number of benzene rings is 2. The number of carbonyl (C=O) groups excluding carboxylic acids is 1. The number of para-hydroxylation sites is 2. The van der Waals surface area contributed by atoms with Crippen LogP contribution >= 0.6 is 11.8 Å². The summed E-state index contributed by atoms with van der Waals surface area (Å²) >= 11 is 1.02. The van der Waals surface area contributed by atoms with E-state index in [2.05, 4.69) is 9.97 Å². The summed E-state index contributed by atoms with van der Waals surface area (Å²) in [6.07, 6.45) is 1.46. The van der Waals surface area contributed by atoms with Crippen LogP contribution < -0.4 is 0 Å². The van der Waals surface area contributed by atoms with Crippen molar-refractivity contribution >= 4 is 40.8 Å². The Morgan fingerprint density at radius 2 is 1.90 bits per heavy atom. The number of esters is 1. The number of fused-ring (bicyclic) bond motifs is 1. The average Bonchev–Trinajstić information content (AvgIpc) is 3.40. The predicted molar refractivity (Wildman–Crippen MR) is 118 cm³/mol. The molecule has 2 aromatic carbocycles. The first-order valence-corrected chi connectivity index (χ1v) is 10.3. The van der Waals surface area contributed by atoms with Gasteiger partial charge in [-0.25, -0.2) is 14.6 Å². The van der Waals surface area contributed by atoms with Crippen LogP contribution in [0.15, 0.2) is 75.1 Å². The molecule has 0 saturated carbocycles. The van der Waals surface area contributed by atoms with Crippen molar-refractivity contribution in [2.45, 2.75) is 12.1 Å². The third kappa shape index (κ3) is 4.70. The van der Waals surface area contributed by atoms with Crippen molar-refractivity contribution < 1.29 is 23.8 Å². The monoisotopic (exact) mass is 434 g/mol. The van der Waals surface area contributed by atoms with Crippen molar-refractivity contribution in [3.8, 4) is 11.3 Å². The number of carboxylic acid groups (broad SMARTS) is 1. The van der Waals surface area contributed by atoms with Crippen LogP contribution in [0.2, 0.25) is 0 Å².